The van der Waals surface area contributed by atoms with Crippen molar-refractivity contribution in [2.24, 2.45) is 0 Å². The maximum Gasteiger partial charge on any atom is 0.250 e. The first-order valence-corrected chi connectivity index (χ1v) is 4.02. The lowest BCUT2D eigenvalue weighted by atomic mass is 10.3. The van der Waals surface area contributed by atoms with Crippen LogP contribution in [0.1, 0.15) is 25.7 Å². The van der Waals surface area contributed by atoms with Gasteiger partial charge in [0.1, 0.15) is 5.82 Å². The fourth-order valence-electron chi connectivity index (χ4n) is 1.01. The lowest BCUT2D eigenvalue weighted by Gasteiger charge is -2.09. The van der Waals surface area contributed by atoms with Gasteiger partial charge in [0.25, 0.3) is 5.56 Å². The Hall–Kier alpha value is -1.16. The Balaban J connectivity index is 2.80. The van der Waals surface area contributed by atoms with E-state index in [2.05, 4.69) is 15.3 Å². The van der Waals surface area contributed by atoms with E-state index in [0.717, 1.165) is 6.54 Å². The summed E-state index contributed by atoms with van der Waals surface area (Å²) in [6.45, 7) is 4.83. The zero-order valence-corrected chi connectivity index (χ0v) is 7.29. The van der Waals surface area contributed by atoms with E-state index in [0.29, 0.717) is 5.82 Å². The third kappa shape index (κ3) is 2.17. The number of hydrogen-bond donors (Lipinski definition) is 2. The van der Waals surface area contributed by atoms with E-state index in [9.17, 15) is 4.79 Å². The van der Waals surface area contributed by atoms with Gasteiger partial charge in [-0.1, -0.05) is 6.92 Å². The van der Waals surface area contributed by atoms with Crippen LogP contribution in [0.3, 0.4) is 0 Å². The molecule has 0 aliphatic rings. The summed E-state index contributed by atoms with van der Waals surface area (Å²) in [6.07, 6.45) is 1.52. The minimum atomic E-state index is -0.107. The Morgan fingerprint density at radius 2 is 2.50 bits per heavy atom. The van der Waals surface area contributed by atoms with E-state index in [4.69, 9.17) is 0 Å². The number of hydrogen-bond acceptors (Lipinski definition) is 3. The summed E-state index contributed by atoms with van der Waals surface area (Å²) < 4.78 is 0. The van der Waals surface area contributed by atoms with Crippen molar-refractivity contribution in [2.75, 3.05) is 6.54 Å². The summed E-state index contributed by atoms with van der Waals surface area (Å²) in [5.41, 5.74) is -0.107. The Bertz CT molecular complexity index is 294. The second kappa shape index (κ2) is 4.01. The number of aromatic amines is 1. The summed E-state index contributed by atoms with van der Waals surface area (Å²) in [4.78, 5) is 17.6. The molecule has 66 valence electrons. The number of aromatic nitrogens is 2. The summed E-state index contributed by atoms with van der Waals surface area (Å²) in [5, 5.41) is 3.16. The van der Waals surface area contributed by atoms with Gasteiger partial charge < -0.3 is 10.3 Å². The summed E-state index contributed by atoms with van der Waals surface area (Å²) >= 11 is 0. The maximum atomic E-state index is 10.9. The van der Waals surface area contributed by atoms with Gasteiger partial charge in [0.2, 0.25) is 0 Å². The van der Waals surface area contributed by atoms with E-state index < -0.39 is 0 Å². The highest BCUT2D eigenvalue weighted by Gasteiger charge is 2.04. The van der Waals surface area contributed by atoms with Crippen LogP contribution >= 0.6 is 0 Å². The lowest BCUT2D eigenvalue weighted by molar-refractivity contribution is 0.564. The summed E-state index contributed by atoms with van der Waals surface area (Å²) in [6, 6.07) is 1.51. The van der Waals surface area contributed by atoms with Crippen molar-refractivity contribution in [3.63, 3.8) is 0 Å². The molecule has 1 atom stereocenters. The predicted molar refractivity (Wildman–Crippen MR) is 46.9 cm³/mol. The number of H-pyrrole nitrogens is 1. The van der Waals surface area contributed by atoms with Gasteiger partial charge in [-0.25, -0.2) is 4.98 Å². The van der Waals surface area contributed by atoms with Gasteiger partial charge in [-0.2, -0.15) is 0 Å². The van der Waals surface area contributed by atoms with E-state index in [1.807, 2.05) is 13.8 Å². The number of rotatable bonds is 3. The zero-order chi connectivity index (χ0) is 8.97. The largest absolute Gasteiger partial charge is 0.309 e. The molecule has 0 saturated carbocycles. The van der Waals surface area contributed by atoms with Crippen molar-refractivity contribution in [2.45, 2.75) is 19.9 Å². The Morgan fingerprint density at radius 3 is 3.08 bits per heavy atom. The molecule has 0 spiro atoms. The second-order valence-electron chi connectivity index (χ2n) is 2.60. The molecule has 2 N–H and O–H groups in total. The molecule has 0 amide bonds. The van der Waals surface area contributed by atoms with Crippen LogP contribution in [-0.2, 0) is 0 Å². The normalized spacial score (nSPS) is 12.8. The average molecular weight is 167 g/mol. The molecule has 0 aliphatic carbocycles. The molecule has 1 heterocycles. The molecule has 0 saturated heterocycles. The number of nitrogens with one attached hydrogen (secondary N) is 2. The minimum absolute atomic E-state index is 0.101. The molecule has 4 heteroatoms. The lowest BCUT2D eigenvalue weighted by Crippen LogP contribution is -2.22. The van der Waals surface area contributed by atoms with Crippen molar-refractivity contribution in [3.8, 4) is 0 Å². The van der Waals surface area contributed by atoms with Gasteiger partial charge in [0, 0.05) is 12.3 Å². The summed E-state index contributed by atoms with van der Waals surface area (Å²) in [7, 11) is 0. The van der Waals surface area contributed by atoms with Gasteiger partial charge in [-0.05, 0) is 13.5 Å². The molecule has 0 radical (unpaired) electrons. The first-order chi connectivity index (χ1) is 5.74. The molecular formula is C8H13N3O. The molecular weight excluding hydrogens is 154 g/mol. The molecule has 1 rings (SSSR count). The first kappa shape index (κ1) is 8.93. The number of nitrogens with zero attached hydrogens (tertiary/aromatic N) is 1. The Morgan fingerprint density at radius 1 is 1.75 bits per heavy atom. The highest BCUT2D eigenvalue weighted by Crippen LogP contribution is 2.01. The first-order valence-electron chi connectivity index (χ1n) is 4.02. The van der Waals surface area contributed by atoms with E-state index in [1.54, 1.807) is 0 Å². The Labute approximate surface area is 71.0 Å². The molecule has 0 aromatic carbocycles. The average Bonchev–Trinajstić information content (AvgIpc) is 2.05. The van der Waals surface area contributed by atoms with Crippen LogP contribution < -0.4 is 10.9 Å². The molecule has 12 heavy (non-hydrogen) atoms. The fourth-order valence-corrected chi connectivity index (χ4v) is 1.01. The highest BCUT2D eigenvalue weighted by molar-refractivity contribution is 4.94. The van der Waals surface area contributed by atoms with Crippen LogP contribution in [0.4, 0.5) is 0 Å². The maximum absolute atomic E-state index is 10.9. The van der Waals surface area contributed by atoms with Crippen molar-refractivity contribution in [1.29, 1.82) is 0 Å². The van der Waals surface area contributed by atoms with E-state index >= 15 is 0 Å². The molecule has 1 aromatic heterocycles. The second-order valence-corrected chi connectivity index (χ2v) is 2.60. The van der Waals surface area contributed by atoms with Crippen LogP contribution in [0.15, 0.2) is 17.1 Å². The highest BCUT2D eigenvalue weighted by atomic mass is 16.1. The monoisotopic (exact) mass is 167 g/mol. The molecule has 0 fully saturated rings. The van der Waals surface area contributed by atoms with Crippen LogP contribution in [0.2, 0.25) is 0 Å². The van der Waals surface area contributed by atoms with Crippen LogP contribution in [-0.4, -0.2) is 16.5 Å². The third-order valence-electron chi connectivity index (χ3n) is 1.61. The zero-order valence-electron chi connectivity index (χ0n) is 7.29. The van der Waals surface area contributed by atoms with Crippen molar-refractivity contribution >= 4 is 0 Å². The van der Waals surface area contributed by atoms with Gasteiger partial charge in [0.15, 0.2) is 0 Å². The molecule has 4 nitrogen and oxygen atoms in total. The predicted octanol–water partition coefficient (Wildman–Crippen LogP) is 0.440. The SMILES string of the molecule is CCNC(C)c1nccc(=O)[nH]1. The van der Waals surface area contributed by atoms with Crippen molar-refractivity contribution < 1.29 is 0 Å². The van der Waals surface area contributed by atoms with Gasteiger partial charge >= 0.3 is 0 Å². The minimum Gasteiger partial charge on any atom is -0.309 e. The van der Waals surface area contributed by atoms with Crippen molar-refractivity contribution in [3.05, 3.63) is 28.4 Å². The van der Waals surface area contributed by atoms with Crippen molar-refractivity contribution in [1.82, 2.24) is 15.3 Å². The molecule has 0 bridgehead atoms. The molecule has 1 unspecified atom stereocenters. The quantitative estimate of drug-likeness (QED) is 0.686. The van der Waals surface area contributed by atoms with Gasteiger partial charge in [-0.3, -0.25) is 4.79 Å². The third-order valence-corrected chi connectivity index (χ3v) is 1.61. The van der Waals surface area contributed by atoms with Gasteiger partial charge in [-0.15, -0.1) is 0 Å². The smallest absolute Gasteiger partial charge is 0.250 e. The van der Waals surface area contributed by atoms with Gasteiger partial charge in [0.05, 0.1) is 6.04 Å². The van der Waals surface area contributed by atoms with Crippen LogP contribution in [0.5, 0.6) is 0 Å². The topological polar surface area (TPSA) is 57.8 Å². The van der Waals surface area contributed by atoms with E-state index in [1.165, 1.54) is 12.3 Å². The van der Waals surface area contributed by atoms with Crippen LogP contribution in [0, 0.1) is 0 Å². The standard InChI is InChI=1S/C8H13N3O/c1-3-9-6(2)8-10-5-4-7(12)11-8/h4-6,9H,3H2,1-2H3,(H,10,11,12). The molecule has 0 aliphatic heterocycles. The molecule has 1 aromatic rings. The fraction of sp³-hybridized carbons (Fsp3) is 0.500. The van der Waals surface area contributed by atoms with Crippen LogP contribution in [0.25, 0.3) is 0 Å². The summed E-state index contributed by atoms with van der Waals surface area (Å²) in [5.74, 6) is 0.685. The van der Waals surface area contributed by atoms with E-state index in [-0.39, 0.29) is 11.6 Å². The Kier molecular flexibility index (Phi) is 2.99.